The normalized spacial score (nSPS) is 12.3. The maximum absolute atomic E-state index is 7.43. The van der Waals surface area contributed by atoms with Crippen LogP contribution in [0.15, 0.2) is 30.7 Å². The molecule has 0 radical (unpaired) electrons. The summed E-state index contributed by atoms with van der Waals surface area (Å²) in [6, 6.07) is 3.89. The fraction of sp³-hybridized carbons (Fsp3) is 0.312. The molecule has 0 aliphatic rings. The van der Waals surface area contributed by atoms with Crippen LogP contribution in [0.4, 0.5) is 11.5 Å². The third kappa shape index (κ3) is 2.53. The van der Waals surface area contributed by atoms with Crippen LogP contribution in [-0.4, -0.2) is 33.0 Å². The average Bonchev–Trinajstić information content (AvgIpc) is 3.20. The standard InChI is InChI=1S/C16H18N6O/c1-5-23-11(2)21-10-12(8-19-21)16-13(17-3)9-20-22-14(16)6-7-15(22)18-4/h6-11,18H,5H2,1-2,4H3. The van der Waals surface area contributed by atoms with Crippen LogP contribution in [0.1, 0.15) is 20.1 Å². The third-order valence-electron chi connectivity index (χ3n) is 3.71. The molecule has 0 amide bonds. The summed E-state index contributed by atoms with van der Waals surface area (Å²) in [5.74, 6) is 0.868. The minimum absolute atomic E-state index is 0.150. The van der Waals surface area contributed by atoms with Gasteiger partial charge in [0.15, 0.2) is 0 Å². The lowest BCUT2D eigenvalue weighted by atomic mass is 10.1. The van der Waals surface area contributed by atoms with Crippen molar-refractivity contribution >= 4 is 17.0 Å². The number of anilines is 1. The highest BCUT2D eigenvalue weighted by Gasteiger charge is 2.16. The highest BCUT2D eigenvalue weighted by molar-refractivity contribution is 5.91. The Bertz CT molecular complexity index is 872. The van der Waals surface area contributed by atoms with Gasteiger partial charge in [-0.2, -0.15) is 10.2 Å². The summed E-state index contributed by atoms with van der Waals surface area (Å²) in [4.78, 5) is 3.61. The van der Waals surface area contributed by atoms with E-state index in [9.17, 15) is 0 Å². The highest BCUT2D eigenvalue weighted by Crippen LogP contribution is 2.35. The summed E-state index contributed by atoms with van der Waals surface area (Å²) in [5.41, 5.74) is 3.07. The van der Waals surface area contributed by atoms with Crippen LogP contribution in [0.2, 0.25) is 0 Å². The smallest absolute Gasteiger partial charge is 0.216 e. The Morgan fingerprint density at radius 2 is 2.17 bits per heavy atom. The third-order valence-corrected chi connectivity index (χ3v) is 3.71. The van der Waals surface area contributed by atoms with E-state index in [1.54, 1.807) is 21.6 Å². The predicted octanol–water partition coefficient (Wildman–Crippen LogP) is 3.35. The lowest BCUT2D eigenvalue weighted by Crippen LogP contribution is -2.09. The fourth-order valence-electron chi connectivity index (χ4n) is 2.60. The zero-order valence-electron chi connectivity index (χ0n) is 13.3. The number of rotatable bonds is 5. The second-order valence-corrected chi connectivity index (χ2v) is 5.05. The fourth-order valence-corrected chi connectivity index (χ4v) is 2.60. The van der Waals surface area contributed by atoms with Gasteiger partial charge in [-0.15, -0.1) is 0 Å². The number of ether oxygens (including phenoxy) is 1. The van der Waals surface area contributed by atoms with E-state index in [0.717, 1.165) is 22.5 Å². The highest BCUT2D eigenvalue weighted by atomic mass is 16.5. The van der Waals surface area contributed by atoms with Crippen LogP contribution in [-0.2, 0) is 4.74 Å². The minimum atomic E-state index is -0.150. The van der Waals surface area contributed by atoms with Gasteiger partial charge in [0.2, 0.25) is 5.69 Å². The summed E-state index contributed by atoms with van der Waals surface area (Å²) in [6.45, 7) is 11.9. The van der Waals surface area contributed by atoms with Crippen LogP contribution in [0, 0.1) is 6.57 Å². The average molecular weight is 310 g/mol. The lowest BCUT2D eigenvalue weighted by molar-refractivity contribution is 0.0160. The SMILES string of the molecule is [C-]#[N+]c1cnn2c(NC)ccc2c1-c1cnn(C(C)OCC)c1. The van der Waals surface area contributed by atoms with E-state index in [4.69, 9.17) is 11.3 Å². The molecule has 0 aliphatic carbocycles. The maximum atomic E-state index is 7.43. The van der Waals surface area contributed by atoms with Crippen molar-refractivity contribution < 1.29 is 4.74 Å². The van der Waals surface area contributed by atoms with Gasteiger partial charge in [0.1, 0.15) is 12.0 Å². The van der Waals surface area contributed by atoms with E-state index in [2.05, 4.69) is 20.4 Å². The molecular formula is C16H18N6O. The molecule has 3 rings (SSSR count). The first kappa shape index (κ1) is 15.1. The molecule has 3 aromatic rings. The van der Waals surface area contributed by atoms with E-state index in [-0.39, 0.29) is 6.23 Å². The summed E-state index contributed by atoms with van der Waals surface area (Å²) in [5, 5.41) is 11.8. The van der Waals surface area contributed by atoms with Gasteiger partial charge in [0, 0.05) is 31.0 Å². The van der Waals surface area contributed by atoms with E-state index in [0.29, 0.717) is 12.3 Å². The maximum Gasteiger partial charge on any atom is 0.216 e. The van der Waals surface area contributed by atoms with Gasteiger partial charge in [-0.1, -0.05) is 0 Å². The van der Waals surface area contributed by atoms with Gasteiger partial charge in [0.05, 0.1) is 24.5 Å². The lowest BCUT2D eigenvalue weighted by Gasteiger charge is -2.11. The molecule has 0 fully saturated rings. The van der Waals surface area contributed by atoms with Gasteiger partial charge >= 0.3 is 0 Å². The zero-order valence-corrected chi connectivity index (χ0v) is 13.3. The quantitative estimate of drug-likeness (QED) is 0.734. The molecule has 1 unspecified atom stereocenters. The molecule has 23 heavy (non-hydrogen) atoms. The van der Waals surface area contributed by atoms with E-state index >= 15 is 0 Å². The molecule has 0 aliphatic heterocycles. The Kier molecular flexibility index (Phi) is 4.00. The Hall–Kier alpha value is -2.85. The topological polar surface area (TPSA) is 60.7 Å². The van der Waals surface area contributed by atoms with Crippen molar-refractivity contribution in [2.75, 3.05) is 19.0 Å². The van der Waals surface area contributed by atoms with Gasteiger partial charge in [0.25, 0.3) is 0 Å². The first-order chi connectivity index (χ1) is 11.2. The van der Waals surface area contributed by atoms with E-state index < -0.39 is 0 Å². The van der Waals surface area contributed by atoms with E-state index in [1.807, 2.05) is 39.2 Å². The Morgan fingerprint density at radius 1 is 1.35 bits per heavy atom. The number of nitrogens with one attached hydrogen (secondary N) is 1. The van der Waals surface area contributed by atoms with Crippen molar-refractivity contribution in [3.63, 3.8) is 0 Å². The van der Waals surface area contributed by atoms with Gasteiger partial charge in [-0.25, -0.2) is 14.0 Å². The molecule has 0 spiro atoms. The van der Waals surface area contributed by atoms with Crippen molar-refractivity contribution in [3.05, 3.63) is 42.1 Å². The Morgan fingerprint density at radius 3 is 2.87 bits per heavy atom. The van der Waals surface area contributed by atoms with Crippen molar-refractivity contribution in [2.45, 2.75) is 20.1 Å². The second-order valence-electron chi connectivity index (χ2n) is 5.05. The van der Waals surface area contributed by atoms with Gasteiger partial charge in [-0.05, 0) is 26.0 Å². The molecule has 118 valence electrons. The van der Waals surface area contributed by atoms with Gasteiger partial charge < -0.3 is 10.1 Å². The Labute approximate surface area is 134 Å². The number of nitrogens with zero attached hydrogens (tertiary/aromatic N) is 5. The van der Waals surface area contributed by atoms with E-state index in [1.165, 1.54) is 0 Å². The molecule has 7 heteroatoms. The molecule has 1 atom stereocenters. The molecular weight excluding hydrogens is 292 g/mol. The number of fused-ring (bicyclic) bond motifs is 1. The van der Waals surface area contributed by atoms with Crippen molar-refractivity contribution in [3.8, 4) is 11.1 Å². The first-order valence-corrected chi connectivity index (χ1v) is 7.41. The van der Waals surface area contributed by atoms with Crippen molar-refractivity contribution in [1.29, 1.82) is 0 Å². The largest absolute Gasteiger partial charge is 0.373 e. The molecule has 0 saturated carbocycles. The van der Waals surface area contributed by atoms with Crippen LogP contribution < -0.4 is 5.32 Å². The van der Waals surface area contributed by atoms with Crippen LogP contribution in [0.5, 0.6) is 0 Å². The summed E-state index contributed by atoms with van der Waals surface area (Å²) >= 11 is 0. The molecule has 7 nitrogen and oxygen atoms in total. The van der Waals surface area contributed by atoms with Crippen molar-refractivity contribution in [2.24, 2.45) is 0 Å². The van der Waals surface area contributed by atoms with Crippen LogP contribution in [0.25, 0.3) is 21.5 Å². The van der Waals surface area contributed by atoms with Gasteiger partial charge in [-0.3, -0.25) is 0 Å². The zero-order chi connectivity index (χ0) is 16.4. The number of aromatic nitrogens is 4. The first-order valence-electron chi connectivity index (χ1n) is 7.41. The molecule has 0 saturated heterocycles. The van der Waals surface area contributed by atoms with Crippen LogP contribution >= 0.6 is 0 Å². The number of hydrogen-bond donors (Lipinski definition) is 1. The Balaban J connectivity index is 2.15. The molecule has 3 heterocycles. The summed E-state index contributed by atoms with van der Waals surface area (Å²) in [6.07, 6.45) is 5.09. The summed E-state index contributed by atoms with van der Waals surface area (Å²) < 4.78 is 9.10. The molecule has 1 N–H and O–H groups in total. The number of hydrogen-bond acceptors (Lipinski definition) is 4. The molecule has 0 bridgehead atoms. The van der Waals surface area contributed by atoms with Crippen LogP contribution in [0.3, 0.4) is 0 Å². The minimum Gasteiger partial charge on any atom is -0.373 e. The summed E-state index contributed by atoms with van der Waals surface area (Å²) in [7, 11) is 1.84. The molecule has 0 aromatic carbocycles. The van der Waals surface area contributed by atoms with Crippen molar-refractivity contribution in [1.82, 2.24) is 19.4 Å². The second kappa shape index (κ2) is 6.10. The monoisotopic (exact) mass is 310 g/mol. The predicted molar refractivity (Wildman–Crippen MR) is 88.6 cm³/mol. The molecule has 3 aromatic heterocycles.